The van der Waals surface area contributed by atoms with Crippen LogP contribution in [-0.4, -0.2) is 12.1 Å². The summed E-state index contributed by atoms with van der Waals surface area (Å²) in [6, 6.07) is 5.93. The van der Waals surface area contributed by atoms with E-state index in [-0.39, 0.29) is 0 Å². The van der Waals surface area contributed by atoms with E-state index in [1.54, 1.807) is 0 Å². The normalized spacial score (nSPS) is 21.6. The summed E-state index contributed by atoms with van der Waals surface area (Å²) in [5, 5.41) is 7.76. The molecule has 0 saturated heterocycles. The van der Waals surface area contributed by atoms with Crippen molar-refractivity contribution in [2.75, 3.05) is 17.2 Å². The number of hydrogen-bond donors (Lipinski definition) is 2. The summed E-state index contributed by atoms with van der Waals surface area (Å²) in [5.74, 6) is 0. The maximum absolute atomic E-state index is 5.92. The van der Waals surface area contributed by atoms with Gasteiger partial charge in [0.2, 0.25) is 0 Å². The van der Waals surface area contributed by atoms with Crippen LogP contribution in [0.2, 0.25) is 5.02 Å². The van der Waals surface area contributed by atoms with Gasteiger partial charge in [0.25, 0.3) is 0 Å². The summed E-state index contributed by atoms with van der Waals surface area (Å²) in [6.45, 7) is 1.04. The molecule has 1 fully saturated rings. The molecule has 2 N–H and O–H groups in total. The van der Waals surface area contributed by atoms with Gasteiger partial charge in [-0.2, -0.15) is 0 Å². The third kappa shape index (κ3) is 1.17. The lowest BCUT2D eigenvalue weighted by Crippen LogP contribution is -2.34. The summed E-state index contributed by atoms with van der Waals surface area (Å²) in [5.41, 5.74) is 2.66. The largest absolute Gasteiger partial charge is 0.381 e. The zero-order chi connectivity index (χ0) is 8.89. The Morgan fingerprint density at radius 2 is 2.08 bits per heavy atom. The number of rotatable bonds is 0. The van der Waals surface area contributed by atoms with Gasteiger partial charge >= 0.3 is 0 Å². The molecular weight excluding hydrogens is 184 g/mol. The fraction of sp³-hybridized carbons (Fsp3) is 0.400. The molecule has 0 aromatic heterocycles. The first-order valence-corrected chi connectivity index (χ1v) is 4.97. The molecule has 0 unspecified atom stereocenters. The van der Waals surface area contributed by atoms with Gasteiger partial charge in [-0.15, -0.1) is 0 Å². The summed E-state index contributed by atoms with van der Waals surface area (Å²) in [6.07, 6.45) is 2.54. The van der Waals surface area contributed by atoms with Crippen LogP contribution in [-0.2, 0) is 0 Å². The van der Waals surface area contributed by atoms with E-state index >= 15 is 0 Å². The van der Waals surface area contributed by atoms with Crippen molar-refractivity contribution in [3.63, 3.8) is 0 Å². The maximum Gasteiger partial charge on any atom is 0.0595 e. The van der Waals surface area contributed by atoms with E-state index in [1.165, 1.54) is 18.5 Å². The summed E-state index contributed by atoms with van der Waals surface area (Å²) in [4.78, 5) is 0. The SMILES string of the molecule is Clc1ccc2c(c1)NC1(CC1)CN2. The summed E-state index contributed by atoms with van der Waals surface area (Å²) >= 11 is 5.92. The van der Waals surface area contributed by atoms with Gasteiger partial charge < -0.3 is 10.6 Å². The van der Waals surface area contributed by atoms with E-state index in [2.05, 4.69) is 10.6 Å². The minimum atomic E-state index is 0.345. The average Bonchev–Trinajstić information content (AvgIpc) is 2.84. The molecule has 2 nitrogen and oxygen atoms in total. The quantitative estimate of drug-likeness (QED) is 0.664. The second-order valence-electron chi connectivity index (χ2n) is 3.95. The van der Waals surface area contributed by atoms with E-state index in [0.29, 0.717) is 5.54 Å². The molecule has 1 aliphatic heterocycles. The molecular formula is C10H11ClN2. The van der Waals surface area contributed by atoms with Crippen LogP contribution in [0.5, 0.6) is 0 Å². The zero-order valence-corrected chi connectivity index (χ0v) is 7.99. The Morgan fingerprint density at radius 1 is 1.23 bits per heavy atom. The van der Waals surface area contributed by atoms with Crippen LogP contribution in [0.4, 0.5) is 11.4 Å². The van der Waals surface area contributed by atoms with Gasteiger partial charge in [-0.25, -0.2) is 0 Å². The van der Waals surface area contributed by atoms with Crippen LogP contribution >= 0.6 is 11.6 Å². The Bertz CT molecular complexity index is 358. The van der Waals surface area contributed by atoms with Gasteiger partial charge in [-0.1, -0.05) is 11.6 Å². The molecule has 1 aromatic carbocycles. The Morgan fingerprint density at radius 3 is 2.85 bits per heavy atom. The molecule has 1 aromatic rings. The third-order valence-corrected chi connectivity index (χ3v) is 3.09. The van der Waals surface area contributed by atoms with Crippen LogP contribution in [0, 0.1) is 0 Å². The lowest BCUT2D eigenvalue weighted by molar-refractivity contribution is 0.755. The summed E-state index contributed by atoms with van der Waals surface area (Å²) < 4.78 is 0. The molecule has 13 heavy (non-hydrogen) atoms. The Labute approximate surface area is 82.3 Å². The number of benzene rings is 1. The zero-order valence-electron chi connectivity index (χ0n) is 7.23. The van der Waals surface area contributed by atoms with Gasteiger partial charge in [0, 0.05) is 11.6 Å². The van der Waals surface area contributed by atoms with E-state index in [1.807, 2.05) is 18.2 Å². The van der Waals surface area contributed by atoms with Gasteiger partial charge in [0.05, 0.1) is 16.9 Å². The average molecular weight is 195 g/mol. The molecule has 3 heteroatoms. The first kappa shape index (κ1) is 7.51. The standard InChI is InChI=1S/C10H11ClN2/c11-7-1-2-8-9(5-7)13-10(3-4-10)6-12-8/h1-2,5,12-13H,3-4,6H2. The minimum Gasteiger partial charge on any atom is -0.381 e. The molecule has 0 amide bonds. The number of anilines is 2. The molecule has 0 radical (unpaired) electrons. The fourth-order valence-electron chi connectivity index (χ4n) is 1.82. The fourth-order valence-corrected chi connectivity index (χ4v) is 1.99. The highest BCUT2D eigenvalue weighted by molar-refractivity contribution is 6.31. The predicted molar refractivity (Wildman–Crippen MR) is 55.5 cm³/mol. The lowest BCUT2D eigenvalue weighted by Gasteiger charge is -2.28. The number of hydrogen-bond acceptors (Lipinski definition) is 2. The van der Waals surface area contributed by atoms with E-state index in [4.69, 9.17) is 11.6 Å². The van der Waals surface area contributed by atoms with Crippen molar-refractivity contribution in [1.82, 2.24) is 0 Å². The van der Waals surface area contributed by atoms with Gasteiger partial charge in [-0.3, -0.25) is 0 Å². The highest BCUT2D eigenvalue weighted by Gasteiger charge is 2.44. The first-order valence-electron chi connectivity index (χ1n) is 4.59. The highest BCUT2D eigenvalue weighted by atomic mass is 35.5. The first-order chi connectivity index (χ1) is 6.27. The van der Waals surface area contributed by atoms with Gasteiger partial charge in [-0.05, 0) is 31.0 Å². The highest BCUT2D eigenvalue weighted by Crippen LogP contribution is 2.44. The topological polar surface area (TPSA) is 24.1 Å². The molecule has 0 bridgehead atoms. The Balaban J connectivity index is 2.02. The molecule has 1 spiro atoms. The van der Waals surface area contributed by atoms with Crippen molar-refractivity contribution in [2.24, 2.45) is 0 Å². The molecule has 2 aliphatic rings. The smallest absolute Gasteiger partial charge is 0.0595 e. The number of nitrogens with one attached hydrogen (secondary N) is 2. The molecule has 1 saturated carbocycles. The number of fused-ring (bicyclic) bond motifs is 1. The molecule has 3 rings (SSSR count). The van der Waals surface area contributed by atoms with Crippen LogP contribution in [0.15, 0.2) is 18.2 Å². The van der Waals surface area contributed by atoms with Gasteiger partial charge in [0.15, 0.2) is 0 Å². The van der Waals surface area contributed by atoms with Crippen LogP contribution in [0.1, 0.15) is 12.8 Å². The predicted octanol–water partition coefficient (Wildman–Crippen LogP) is 2.71. The molecule has 1 aliphatic carbocycles. The van der Waals surface area contributed by atoms with Crippen molar-refractivity contribution >= 4 is 23.0 Å². The van der Waals surface area contributed by atoms with Crippen molar-refractivity contribution in [3.8, 4) is 0 Å². The molecule has 0 atom stereocenters. The second-order valence-corrected chi connectivity index (χ2v) is 4.39. The van der Waals surface area contributed by atoms with Crippen molar-refractivity contribution in [3.05, 3.63) is 23.2 Å². The van der Waals surface area contributed by atoms with Crippen molar-refractivity contribution < 1.29 is 0 Å². The second kappa shape index (κ2) is 2.32. The third-order valence-electron chi connectivity index (χ3n) is 2.85. The Kier molecular flexibility index (Phi) is 1.34. The van der Waals surface area contributed by atoms with Crippen LogP contribution in [0.25, 0.3) is 0 Å². The van der Waals surface area contributed by atoms with Crippen molar-refractivity contribution in [1.29, 1.82) is 0 Å². The maximum atomic E-state index is 5.92. The van der Waals surface area contributed by atoms with E-state index in [0.717, 1.165) is 17.3 Å². The summed E-state index contributed by atoms with van der Waals surface area (Å²) in [7, 11) is 0. The van der Waals surface area contributed by atoms with Gasteiger partial charge in [0.1, 0.15) is 0 Å². The van der Waals surface area contributed by atoms with E-state index in [9.17, 15) is 0 Å². The van der Waals surface area contributed by atoms with Crippen LogP contribution in [0.3, 0.4) is 0 Å². The van der Waals surface area contributed by atoms with E-state index < -0.39 is 0 Å². The monoisotopic (exact) mass is 194 g/mol. The Hall–Kier alpha value is -0.890. The van der Waals surface area contributed by atoms with Crippen molar-refractivity contribution in [2.45, 2.75) is 18.4 Å². The van der Waals surface area contributed by atoms with Crippen LogP contribution < -0.4 is 10.6 Å². The molecule has 68 valence electrons. The number of halogens is 1. The molecule has 1 heterocycles. The minimum absolute atomic E-state index is 0.345. The lowest BCUT2D eigenvalue weighted by atomic mass is 10.1.